The topological polar surface area (TPSA) is 46.1 Å². The summed E-state index contributed by atoms with van der Waals surface area (Å²) < 4.78 is 2.18. The van der Waals surface area contributed by atoms with Crippen molar-refractivity contribution in [1.29, 1.82) is 0 Å². The lowest BCUT2D eigenvalue weighted by atomic mass is 10.1. The van der Waals surface area contributed by atoms with Gasteiger partial charge in [0.25, 0.3) is 0 Å². The summed E-state index contributed by atoms with van der Waals surface area (Å²) in [7, 11) is 0. The molecule has 0 spiro atoms. The minimum atomic E-state index is -0.171. The first kappa shape index (κ1) is 15.2. The number of benzene rings is 2. The van der Waals surface area contributed by atoms with Gasteiger partial charge in [0, 0.05) is 35.9 Å². The second-order valence-electron chi connectivity index (χ2n) is 5.49. The molecule has 0 aliphatic carbocycles. The zero-order valence-electron chi connectivity index (χ0n) is 13.3. The maximum atomic E-state index is 12.0. The normalized spacial score (nSPS) is 10.7. The first-order chi connectivity index (χ1) is 11.3. The molecule has 0 fully saturated rings. The number of nitrogens with zero attached hydrogens (tertiary/aromatic N) is 1. The van der Waals surface area contributed by atoms with Crippen LogP contribution in [0.25, 0.3) is 10.9 Å². The van der Waals surface area contributed by atoms with Crippen LogP contribution in [-0.4, -0.2) is 17.1 Å². The summed E-state index contributed by atoms with van der Waals surface area (Å²) in [4.78, 5) is 12.0. The summed E-state index contributed by atoms with van der Waals surface area (Å²) >= 11 is 0. The molecule has 2 aromatic carbocycles. The Balaban J connectivity index is 1.55. The summed E-state index contributed by atoms with van der Waals surface area (Å²) in [5.74, 6) is 0. The Morgan fingerprint density at radius 2 is 1.91 bits per heavy atom. The van der Waals surface area contributed by atoms with Crippen LogP contribution in [0.15, 0.2) is 60.8 Å². The first-order valence-electron chi connectivity index (χ1n) is 7.94. The van der Waals surface area contributed by atoms with Crippen molar-refractivity contribution in [3.8, 4) is 0 Å². The van der Waals surface area contributed by atoms with Crippen LogP contribution in [0.3, 0.4) is 0 Å². The molecule has 2 N–H and O–H groups in total. The van der Waals surface area contributed by atoms with Gasteiger partial charge in [-0.25, -0.2) is 4.79 Å². The van der Waals surface area contributed by atoms with Gasteiger partial charge in [-0.05, 0) is 43.2 Å². The Kier molecular flexibility index (Phi) is 4.62. The summed E-state index contributed by atoms with van der Waals surface area (Å²) in [5, 5.41) is 6.91. The Bertz CT molecular complexity index is 793. The molecule has 0 aliphatic rings. The third kappa shape index (κ3) is 3.72. The number of fused-ring (bicyclic) bond motifs is 1. The van der Waals surface area contributed by atoms with Crippen LogP contribution in [0.5, 0.6) is 0 Å². The fraction of sp³-hybridized carbons (Fsp3) is 0.211. The largest absolute Gasteiger partial charge is 0.348 e. The van der Waals surface area contributed by atoms with Crippen LogP contribution in [-0.2, 0) is 13.0 Å². The number of aryl methyl sites for hydroxylation is 1. The van der Waals surface area contributed by atoms with E-state index in [1.807, 2.05) is 36.4 Å². The van der Waals surface area contributed by atoms with E-state index in [1.165, 1.54) is 11.1 Å². The van der Waals surface area contributed by atoms with E-state index in [1.54, 1.807) is 0 Å². The van der Waals surface area contributed by atoms with E-state index >= 15 is 0 Å². The lowest BCUT2D eigenvalue weighted by molar-refractivity contribution is 0.252. The van der Waals surface area contributed by atoms with Crippen molar-refractivity contribution in [1.82, 2.24) is 9.88 Å². The first-order valence-corrected chi connectivity index (χ1v) is 7.94. The summed E-state index contributed by atoms with van der Waals surface area (Å²) in [6.07, 6.45) is 2.89. The lowest BCUT2D eigenvalue weighted by Crippen LogP contribution is -2.30. The van der Waals surface area contributed by atoms with E-state index in [9.17, 15) is 4.79 Å². The molecule has 0 aliphatic heterocycles. The third-order valence-corrected chi connectivity index (χ3v) is 3.91. The van der Waals surface area contributed by atoms with Crippen LogP contribution >= 0.6 is 0 Å². The monoisotopic (exact) mass is 307 g/mol. The molecule has 1 heterocycles. The summed E-state index contributed by atoms with van der Waals surface area (Å²) in [6.45, 7) is 3.67. The van der Waals surface area contributed by atoms with E-state index in [0.29, 0.717) is 6.54 Å². The minimum Gasteiger partial charge on any atom is -0.348 e. The maximum Gasteiger partial charge on any atom is 0.319 e. The number of nitrogens with one attached hydrogen (secondary N) is 2. The van der Waals surface area contributed by atoms with E-state index in [0.717, 1.165) is 24.0 Å². The highest BCUT2D eigenvalue weighted by molar-refractivity contribution is 5.92. The number of rotatable bonds is 5. The van der Waals surface area contributed by atoms with Gasteiger partial charge in [0.15, 0.2) is 0 Å². The molecule has 0 bridgehead atoms. The van der Waals surface area contributed by atoms with Gasteiger partial charge < -0.3 is 15.2 Å². The maximum absolute atomic E-state index is 12.0. The van der Waals surface area contributed by atoms with Crippen molar-refractivity contribution in [2.24, 2.45) is 0 Å². The standard InChI is InChI=1S/C19H21N3O/c1-2-22-13-11-16-14-17(8-9-18(16)22)21-19(23)20-12-10-15-6-4-3-5-7-15/h3-9,11,13-14H,2,10,12H2,1H3,(H2,20,21,23). The number of carbonyl (C=O) groups is 1. The number of hydrogen-bond donors (Lipinski definition) is 2. The average molecular weight is 307 g/mol. The predicted molar refractivity (Wildman–Crippen MR) is 94.8 cm³/mol. The van der Waals surface area contributed by atoms with E-state index in [-0.39, 0.29) is 6.03 Å². The van der Waals surface area contributed by atoms with Crippen LogP contribution in [0.1, 0.15) is 12.5 Å². The Morgan fingerprint density at radius 1 is 1.09 bits per heavy atom. The van der Waals surface area contributed by atoms with Gasteiger partial charge in [0.05, 0.1) is 0 Å². The zero-order valence-corrected chi connectivity index (χ0v) is 13.3. The lowest BCUT2D eigenvalue weighted by Gasteiger charge is -2.08. The van der Waals surface area contributed by atoms with Crippen LogP contribution < -0.4 is 10.6 Å². The van der Waals surface area contributed by atoms with Crippen LogP contribution in [0.4, 0.5) is 10.5 Å². The molecule has 0 atom stereocenters. The van der Waals surface area contributed by atoms with Gasteiger partial charge in [-0.2, -0.15) is 0 Å². The molecule has 2 amide bonds. The smallest absolute Gasteiger partial charge is 0.319 e. The Labute approximate surface area is 136 Å². The Morgan fingerprint density at radius 3 is 2.70 bits per heavy atom. The van der Waals surface area contributed by atoms with Gasteiger partial charge in [0.2, 0.25) is 0 Å². The van der Waals surface area contributed by atoms with Gasteiger partial charge in [-0.1, -0.05) is 30.3 Å². The second kappa shape index (κ2) is 7.01. The van der Waals surface area contributed by atoms with E-state index in [4.69, 9.17) is 0 Å². The molecular formula is C19H21N3O. The molecule has 1 aromatic heterocycles. The fourth-order valence-electron chi connectivity index (χ4n) is 2.69. The van der Waals surface area contributed by atoms with E-state index in [2.05, 4.69) is 46.5 Å². The number of amides is 2. The average Bonchev–Trinajstić information content (AvgIpc) is 2.98. The SMILES string of the molecule is CCn1ccc2cc(NC(=O)NCCc3ccccc3)ccc21. The molecule has 118 valence electrons. The number of urea groups is 1. The molecule has 0 saturated heterocycles. The van der Waals surface area contributed by atoms with Gasteiger partial charge in [-0.15, -0.1) is 0 Å². The minimum absolute atomic E-state index is 0.171. The highest BCUT2D eigenvalue weighted by Gasteiger charge is 2.04. The summed E-state index contributed by atoms with van der Waals surface area (Å²) in [5.41, 5.74) is 3.21. The van der Waals surface area contributed by atoms with Crippen LogP contribution in [0, 0.1) is 0 Å². The van der Waals surface area contributed by atoms with Crippen molar-refractivity contribution >= 4 is 22.6 Å². The number of carbonyl (C=O) groups excluding carboxylic acids is 1. The van der Waals surface area contributed by atoms with E-state index < -0.39 is 0 Å². The quantitative estimate of drug-likeness (QED) is 0.734. The Hall–Kier alpha value is -2.75. The summed E-state index contributed by atoms with van der Waals surface area (Å²) in [6, 6.07) is 18.0. The van der Waals surface area contributed by atoms with Crippen molar-refractivity contribution in [2.45, 2.75) is 19.9 Å². The van der Waals surface area contributed by atoms with Crippen molar-refractivity contribution < 1.29 is 4.79 Å². The van der Waals surface area contributed by atoms with Crippen molar-refractivity contribution in [2.75, 3.05) is 11.9 Å². The zero-order chi connectivity index (χ0) is 16.1. The second-order valence-corrected chi connectivity index (χ2v) is 5.49. The van der Waals surface area contributed by atoms with Crippen molar-refractivity contribution in [3.05, 3.63) is 66.4 Å². The highest BCUT2D eigenvalue weighted by atomic mass is 16.2. The van der Waals surface area contributed by atoms with Gasteiger partial charge >= 0.3 is 6.03 Å². The number of hydrogen-bond acceptors (Lipinski definition) is 1. The predicted octanol–water partition coefficient (Wildman–Crippen LogP) is 4.03. The van der Waals surface area contributed by atoms with Crippen molar-refractivity contribution in [3.63, 3.8) is 0 Å². The molecule has 0 unspecified atom stereocenters. The molecule has 0 saturated carbocycles. The van der Waals surface area contributed by atoms with Gasteiger partial charge in [-0.3, -0.25) is 0 Å². The molecule has 4 nitrogen and oxygen atoms in total. The fourth-order valence-corrected chi connectivity index (χ4v) is 2.69. The molecule has 0 radical (unpaired) electrons. The number of anilines is 1. The van der Waals surface area contributed by atoms with Crippen LogP contribution in [0.2, 0.25) is 0 Å². The molecular weight excluding hydrogens is 286 g/mol. The highest BCUT2D eigenvalue weighted by Crippen LogP contribution is 2.20. The third-order valence-electron chi connectivity index (χ3n) is 3.91. The molecule has 23 heavy (non-hydrogen) atoms. The molecule has 3 aromatic rings. The molecule has 3 rings (SSSR count). The number of aromatic nitrogens is 1. The molecule has 4 heteroatoms. The van der Waals surface area contributed by atoms with Gasteiger partial charge in [0.1, 0.15) is 0 Å².